The van der Waals surface area contributed by atoms with Crippen LogP contribution < -0.4 is 0 Å². The number of rotatable bonds is 3. The van der Waals surface area contributed by atoms with E-state index in [0.717, 1.165) is 25.7 Å². The van der Waals surface area contributed by atoms with E-state index in [4.69, 9.17) is 4.74 Å². The summed E-state index contributed by atoms with van der Waals surface area (Å²) in [5, 5.41) is 0. The minimum atomic E-state index is -3.42. The second kappa shape index (κ2) is 6.69. The van der Waals surface area contributed by atoms with Gasteiger partial charge in [-0.25, -0.2) is 0 Å². The topological polar surface area (TPSA) is 66.9 Å². The molecule has 2 heterocycles. The number of hydrogen-bond donors (Lipinski definition) is 0. The van der Waals surface area contributed by atoms with Gasteiger partial charge in [0, 0.05) is 25.2 Å². The quantitative estimate of drug-likeness (QED) is 0.732. The lowest BCUT2D eigenvalue weighted by molar-refractivity contribution is -0.146. The number of esters is 1. The largest absolute Gasteiger partial charge is 0.469 e. The standard InChI is InChI=1S/C16H28N2O4S/c1-12-11-14-5-3-4-6-15(14)18(12)23(20,21)17-9-7-13(8-10-17)16(19)22-2/h12-15H,3-11H2,1-2H3/t12-,14+,15+/m1/s1. The molecule has 0 amide bonds. The number of methoxy groups -OCH3 is 1. The van der Waals surface area contributed by atoms with Crippen molar-refractivity contribution >= 4 is 16.2 Å². The monoisotopic (exact) mass is 344 g/mol. The van der Waals surface area contributed by atoms with E-state index < -0.39 is 10.2 Å². The molecule has 3 atom stereocenters. The van der Waals surface area contributed by atoms with Gasteiger partial charge in [-0.3, -0.25) is 4.79 Å². The molecule has 132 valence electrons. The summed E-state index contributed by atoms with van der Waals surface area (Å²) in [5.74, 6) is 0.148. The van der Waals surface area contributed by atoms with Gasteiger partial charge in [0.2, 0.25) is 0 Å². The van der Waals surface area contributed by atoms with Crippen LogP contribution in [0.1, 0.15) is 51.9 Å². The molecule has 0 aromatic heterocycles. The van der Waals surface area contributed by atoms with Gasteiger partial charge >= 0.3 is 5.97 Å². The van der Waals surface area contributed by atoms with Crippen molar-refractivity contribution in [1.29, 1.82) is 0 Å². The Hall–Kier alpha value is -0.660. The molecule has 0 spiro atoms. The van der Waals surface area contributed by atoms with Crippen molar-refractivity contribution in [2.75, 3.05) is 20.2 Å². The molecule has 3 aliphatic rings. The van der Waals surface area contributed by atoms with E-state index in [0.29, 0.717) is 31.8 Å². The molecule has 3 fully saturated rings. The molecule has 0 bridgehead atoms. The number of ether oxygens (including phenoxy) is 1. The van der Waals surface area contributed by atoms with Gasteiger partial charge in [-0.2, -0.15) is 17.0 Å². The molecule has 0 radical (unpaired) electrons. The summed E-state index contributed by atoms with van der Waals surface area (Å²) in [7, 11) is -2.03. The van der Waals surface area contributed by atoms with Gasteiger partial charge < -0.3 is 4.74 Å². The van der Waals surface area contributed by atoms with Crippen molar-refractivity contribution in [3.8, 4) is 0 Å². The predicted octanol–water partition coefficient (Wildman–Crippen LogP) is 1.77. The van der Waals surface area contributed by atoms with E-state index in [1.807, 2.05) is 6.92 Å². The molecule has 1 saturated carbocycles. The minimum Gasteiger partial charge on any atom is -0.469 e. The zero-order chi connectivity index (χ0) is 16.6. The average molecular weight is 344 g/mol. The molecule has 0 aromatic rings. The van der Waals surface area contributed by atoms with Crippen LogP contribution >= 0.6 is 0 Å². The van der Waals surface area contributed by atoms with Crippen LogP contribution in [0.25, 0.3) is 0 Å². The number of piperidine rings is 1. The van der Waals surface area contributed by atoms with Crippen LogP contribution in [-0.4, -0.2) is 55.3 Å². The van der Waals surface area contributed by atoms with E-state index in [9.17, 15) is 13.2 Å². The Morgan fingerprint density at radius 1 is 1.09 bits per heavy atom. The van der Waals surface area contributed by atoms with Crippen LogP contribution in [0.2, 0.25) is 0 Å². The maximum atomic E-state index is 13.1. The average Bonchev–Trinajstić information content (AvgIpc) is 2.90. The minimum absolute atomic E-state index is 0.0893. The zero-order valence-corrected chi connectivity index (χ0v) is 14.9. The lowest BCUT2D eigenvalue weighted by Crippen LogP contribution is -2.52. The third kappa shape index (κ3) is 3.15. The molecule has 0 aromatic carbocycles. The highest BCUT2D eigenvalue weighted by Crippen LogP contribution is 2.42. The van der Waals surface area contributed by atoms with Gasteiger partial charge in [0.15, 0.2) is 0 Å². The Morgan fingerprint density at radius 3 is 2.39 bits per heavy atom. The summed E-state index contributed by atoms with van der Waals surface area (Å²) in [4.78, 5) is 11.6. The van der Waals surface area contributed by atoms with Crippen LogP contribution in [0.5, 0.6) is 0 Å². The molecule has 6 nitrogen and oxygen atoms in total. The van der Waals surface area contributed by atoms with Gasteiger partial charge in [-0.1, -0.05) is 12.8 Å². The second-order valence-electron chi connectivity index (χ2n) is 7.23. The maximum absolute atomic E-state index is 13.1. The molecule has 2 aliphatic heterocycles. The highest BCUT2D eigenvalue weighted by Gasteiger charge is 2.48. The van der Waals surface area contributed by atoms with Crippen LogP contribution in [0.15, 0.2) is 0 Å². The fraction of sp³-hybridized carbons (Fsp3) is 0.938. The highest BCUT2D eigenvalue weighted by atomic mass is 32.2. The third-order valence-electron chi connectivity index (χ3n) is 5.86. The highest BCUT2D eigenvalue weighted by molar-refractivity contribution is 7.86. The number of nitrogens with zero attached hydrogens (tertiary/aromatic N) is 2. The van der Waals surface area contributed by atoms with Crippen LogP contribution in [-0.2, 0) is 19.7 Å². The van der Waals surface area contributed by atoms with Crippen molar-refractivity contribution in [3.63, 3.8) is 0 Å². The predicted molar refractivity (Wildman–Crippen MR) is 86.9 cm³/mol. The summed E-state index contributed by atoms with van der Waals surface area (Å²) in [6.45, 7) is 2.88. The summed E-state index contributed by atoms with van der Waals surface area (Å²) in [6.07, 6.45) is 6.61. The van der Waals surface area contributed by atoms with E-state index in [1.54, 1.807) is 8.61 Å². The third-order valence-corrected chi connectivity index (χ3v) is 8.04. The van der Waals surface area contributed by atoms with Crippen molar-refractivity contribution in [1.82, 2.24) is 8.61 Å². The summed E-state index contributed by atoms with van der Waals surface area (Å²) in [6, 6.07) is 0.272. The second-order valence-corrected chi connectivity index (χ2v) is 9.06. The van der Waals surface area contributed by atoms with E-state index in [-0.39, 0.29) is 24.0 Å². The first-order valence-electron chi connectivity index (χ1n) is 8.81. The van der Waals surface area contributed by atoms with Gasteiger partial charge in [-0.05, 0) is 44.9 Å². The Morgan fingerprint density at radius 2 is 1.74 bits per heavy atom. The number of hydrogen-bond acceptors (Lipinski definition) is 4. The van der Waals surface area contributed by atoms with Gasteiger partial charge in [0.05, 0.1) is 13.0 Å². The summed E-state index contributed by atoms with van der Waals surface area (Å²) < 4.78 is 34.4. The molecule has 2 saturated heterocycles. The molecule has 23 heavy (non-hydrogen) atoms. The Balaban J connectivity index is 1.71. The fourth-order valence-electron chi connectivity index (χ4n) is 4.69. The summed E-state index contributed by atoms with van der Waals surface area (Å²) >= 11 is 0. The Kier molecular flexibility index (Phi) is 4.99. The lowest BCUT2D eigenvalue weighted by atomic mass is 9.85. The number of carbonyl (C=O) groups excluding carboxylic acids is 1. The summed E-state index contributed by atoms with van der Waals surface area (Å²) in [5.41, 5.74) is 0. The normalized spacial score (nSPS) is 34.3. The first kappa shape index (κ1) is 17.2. The first-order valence-corrected chi connectivity index (χ1v) is 10.2. The Labute approximate surface area is 139 Å². The van der Waals surface area contributed by atoms with Crippen molar-refractivity contribution < 1.29 is 17.9 Å². The number of carbonyl (C=O) groups is 1. The smallest absolute Gasteiger partial charge is 0.308 e. The molecule has 0 N–H and O–H groups in total. The van der Waals surface area contributed by atoms with Crippen LogP contribution in [0, 0.1) is 11.8 Å². The van der Waals surface area contributed by atoms with Gasteiger partial charge in [-0.15, -0.1) is 0 Å². The van der Waals surface area contributed by atoms with E-state index in [2.05, 4.69) is 0 Å². The first-order chi connectivity index (χ1) is 10.9. The molecule has 3 rings (SSSR count). The van der Waals surface area contributed by atoms with Crippen LogP contribution in [0.4, 0.5) is 0 Å². The van der Waals surface area contributed by atoms with E-state index >= 15 is 0 Å². The SMILES string of the molecule is COC(=O)C1CCN(S(=O)(=O)N2[C@H](C)C[C@@H]3CCCC[C@@H]32)CC1. The van der Waals surface area contributed by atoms with Gasteiger partial charge in [0.1, 0.15) is 0 Å². The molecular weight excluding hydrogens is 316 g/mol. The van der Waals surface area contributed by atoms with Gasteiger partial charge in [0.25, 0.3) is 10.2 Å². The maximum Gasteiger partial charge on any atom is 0.308 e. The lowest BCUT2D eigenvalue weighted by Gasteiger charge is -2.38. The molecular formula is C16H28N2O4S. The van der Waals surface area contributed by atoms with Crippen molar-refractivity contribution in [2.45, 2.75) is 64.0 Å². The molecule has 1 aliphatic carbocycles. The molecule has 7 heteroatoms. The van der Waals surface area contributed by atoms with Crippen molar-refractivity contribution in [3.05, 3.63) is 0 Å². The van der Waals surface area contributed by atoms with Crippen molar-refractivity contribution in [2.24, 2.45) is 11.8 Å². The van der Waals surface area contributed by atoms with E-state index in [1.165, 1.54) is 13.5 Å². The fourth-order valence-corrected chi connectivity index (χ4v) is 6.79. The Bertz CT molecular complexity index is 542. The van der Waals surface area contributed by atoms with Crippen LogP contribution in [0.3, 0.4) is 0 Å². The molecule has 0 unspecified atom stereocenters. The zero-order valence-electron chi connectivity index (χ0n) is 14.1. The number of fused-ring (bicyclic) bond motifs is 1.